The second-order valence-corrected chi connectivity index (χ2v) is 5.47. The van der Waals surface area contributed by atoms with E-state index in [9.17, 15) is 9.18 Å². The Morgan fingerprint density at radius 1 is 1.05 bits per heavy atom. The van der Waals surface area contributed by atoms with Gasteiger partial charge in [-0.25, -0.2) is 9.82 Å². The predicted octanol–water partition coefficient (Wildman–Crippen LogP) is 2.16. The third-order valence-electron chi connectivity index (χ3n) is 3.93. The fourth-order valence-electron chi connectivity index (χ4n) is 2.68. The minimum atomic E-state index is -0.271. The van der Waals surface area contributed by atoms with E-state index in [0.29, 0.717) is 5.56 Å². The molecule has 5 heteroatoms. The third-order valence-corrected chi connectivity index (χ3v) is 3.93. The van der Waals surface area contributed by atoms with Crippen LogP contribution in [-0.4, -0.2) is 18.0 Å². The molecule has 0 aromatic heterocycles. The molecule has 1 fully saturated rings. The van der Waals surface area contributed by atoms with Gasteiger partial charge in [0.25, 0.3) is 5.91 Å². The molecule has 1 saturated heterocycles. The van der Waals surface area contributed by atoms with Crippen molar-refractivity contribution < 1.29 is 9.18 Å². The first-order chi connectivity index (χ1) is 10.6. The van der Waals surface area contributed by atoms with Crippen LogP contribution in [-0.2, 0) is 0 Å². The second kappa shape index (κ2) is 6.25. The van der Waals surface area contributed by atoms with Crippen molar-refractivity contribution in [3.63, 3.8) is 0 Å². The number of carbonyl (C=O) groups excluding carboxylic acids is 1. The Hall–Kier alpha value is -2.24. The van der Waals surface area contributed by atoms with Gasteiger partial charge in [-0.2, -0.15) is 0 Å². The van der Waals surface area contributed by atoms with Crippen LogP contribution in [0.3, 0.4) is 0 Å². The van der Waals surface area contributed by atoms with Crippen LogP contribution in [0.25, 0.3) is 0 Å². The van der Waals surface area contributed by atoms with Gasteiger partial charge in [0.2, 0.25) is 0 Å². The number of amides is 1. The van der Waals surface area contributed by atoms with E-state index in [4.69, 9.17) is 0 Å². The Bertz CT molecular complexity index is 645. The molecule has 0 aliphatic carbocycles. The molecule has 0 spiro atoms. The molecule has 0 radical (unpaired) electrons. The van der Waals surface area contributed by atoms with Gasteiger partial charge in [-0.1, -0.05) is 30.3 Å². The van der Waals surface area contributed by atoms with Gasteiger partial charge in [0.05, 0.1) is 12.1 Å². The maximum atomic E-state index is 13.1. The lowest BCUT2D eigenvalue weighted by atomic mass is 9.96. The highest BCUT2D eigenvalue weighted by Gasteiger charge is 2.35. The summed E-state index contributed by atoms with van der Waals surface area (Å²) in [6, 6.07) is 15.2. The van der Waals surface area contributed by atoms with Crippen molar-refractivity contribution in [1.29, 1.82) is 0 Å². The van der Waals surface area contributed by atoms with Gasteiger partial charge in [-0.3, -0.25) is 10.2 Å². The van der Waals surface area contributed by atoms with Gasteiger partial charge in [0, 0.05) is 11.6 Å². The molecule has 4 nitrogen and oxygen atoms in total. The molecule has 1 aliphatic heterocycles. The van der Waals surface area contributed by atoms with Crippen LogP contribution in [0.4, 0.5) is 4.39 Å². The zero-order valence-electron chi connectivity index (χ0n) is 12.2. The molecule has 2 aromatic rings. The topological polar surface area (TPSA) is 53.2 Å². The summed E-state index contributed by atoms with van der Waals surface area (Å²) in [4.78, 5) is 12.4. The summed E-state index contributed by atoms with van der Waals surface area (Å²) < 4.78 is 13.1. The summed E-state index contributed by atoms with van der Waals surface area (Å²) in [7, 11) is 0. The standard InChI is InChI=1S/C17H18FN3O/c1-11-15(19-17(22)13-5-3-2-4-6-13)16(21-20-11)12-7-9-14(18)10-8-12/h2-11,15-16,20-21H,1H3,(H,19,22). The van der Waals surface area contributed by atoms with E-state index in [1.165, 1.54) is 12.1 Å². The van der Waals surface area contributed by atoms with Crippen molar-refractivity contribution in [2.45, 2.75) is 25.0 Å². The highest BCUT2D eigenvalue weighted by atomic mass is 19.1. The summed E-state index contributed by atoms with van der Waals surface area (Å²) in [5.41, 5.74) is 7.84. The SMILES string of the molecule is CC1NNC(c2ccc(F)cc2)C1NC(=O)c1ccccc1. The van der Waals surface area contributed by atoms with Crippen molar-refractivity contribution >= 4 is 5.91 Å². The number of hydrogen-bond acceptors (Lipinski definition) is 3. The van der Waals surface area contributed by atoms with Gasteiger partial charge in [-0.15, -0.1) is 0 Å². The first kappa shape index (κ1) is 14.7. The van der Waals surface area contributed by atoms with Gasteiger partial charge < -0.3 is 5.32 Å². The number of benzene rings is 2. The Labute approximate surface area is 128 Å². The largest absolute Gasteiger partial charge is 0.346 e. The highest BCUT2D eigenvalue weighted by molar-refractivity contribution is 5.94. The lowest BCUT2D eigenvalue weighted by Crippen LogP contribution is -2.44. The number of nitrogens with one attached hydrogen (secondary N) is 3. The van der Waals surface area contributed by atoms with Gasteiger partial charge in [-0.05, 0) is 36.8 Å². The molecule has 1 aliphatic rings. The first-order valence-corrected chi connectivity index (χ1v) is 7.27. The summed E-state index contributed by atoms with van der Waals surface area (Å²) in [6.07, 6.45) is 0. The molecule has 0 saturated carbocycles. The molecule has 3 unspecified atom stereocenters. The fourth-order valence-corrected chi connectivity index (χ4v) is 2.68. The summed E-state index contributed by atoms with van der Waals surface area (Å²) in [5.74, 6) is -0.386. The fraction of sp³-hybridized carbons (Fsp3) is 0.235. The molecule has 1 amide bonds. The second-order valence-electron chi connectivity index (χ2n) is 5.47. The Balaban J connectivity index is 1.78. The zero-order chi connectivity index (χ0) is 15.5. The molecular formula is C17H18FN3O. The number of halogens is 1. The van der Waals surface area contributed by atoms with Crippen molar-refractivity contribution in [3.05, 3.63) is 71.5 Å². The Morgan fingerprint density at radius 2 is 1.73 bits per heavy atom. The Morgan fingerprint density at radius 3 is 2.41 bits per heavy atom. The third kappa shape index (κ3) is 3.00. The Kier molecular flexibility index (Phi) is 4.18. The number of hydrogen-bond donors (Lipinski definition) is 3. The monoisotopic (exact) mass is 299 g/mol. The number of hydrazine groups is 1. The van der Waals surface area contributed by atoms with Crippen LogP contribution in [0.1, 0.15) is 28.9 Å². The molecule has 22 heavy (non-hydrogen) atoms. The van der Waals surface area contributed by atoms with Crippen molar-refractivity contribution in [2.24, 2.45) is 0 Å². The first-order valence-electron chi connectivity index (χ1n) is 7.27. The van der Waals surface area contributed by atoms with Gasteiger partial charge in [0.15, 0.2) is 0 Å². The average Bonchev–Trinajstić information content (AvgIpc) is 2.90. The van der Waals surface area contributed by atoms with E-state index in [1.54, 1.807) is 24.3 Å². The van der Waals surface area contributed by atoms with Crippen LogP contribution in [0.15, 0.2) is 54.6 Å². The van der Waals surface area contributed by atoms with Crippen LogP contribution >= 0.6 is 0 Å². The maximum Gasteiger partial charge on any atom is 0.251 e. The quantitative estimate of drug-likeness (QED) is 0.814. The van der Waals surface area contributed by atoms with E-state index in [0.717, 1.165) is 5.56 Å². The zero-order valence-corrected chi connectivity index (χ0v) is 12.2. The lowest BCUT2D eigenvalue weighted by molar-refractivity contribution is 0.0930. The highest BCUT2D eigenvalue weighted by Crippen LogP contribution is 2.23. The summed E-state index contributed by atoms with van der Waals surface area (Å²) >= 11 is 0. The number of carbonyl (C=O) groups is 1. The van der Waals surface area contributed by atoms with Crippen LogP contribution in [0.2, 0.25) is 0 Å². The summed E-state index contributed by atoms with van der Waals surface area (Å²) in [5, 5.41) is 3.05. The van der Waals surface area contributed by atoms with Gasteiger partial charge in [0.1, 0.15) is 5.82 Å². The van der Waals surface area contributed by atoms with Crippen LogP contribution < -0.4 is 16.2 Å². The van der Waals surface area contributed by atoms with E-state index < -0.39 is 0 Å². The minimum Gasteiger partial charge on any atom is -0.346 e. The maximum absolute atomic E-state index is 13.1. The smallest absolute Gasteiger partial charge is 0.251 e. The van der Waals surface area contributed by atoms with Crippen molar-refractivity contribution in [3.8, 4) is 0 Å². The van der Waals surface area contributed by atoms with Gasteiger partial charge >= 0.3 is 0 Å². The normalized spacial score (nSPS) is 24.2. The van der Waals surface area contributed by atoms with Crippen molar-refractivity contribution in [1.82, 2.24) is 16.2 Å². The molecule has 0 bridgehead atoms. The predicted molar refractivity (Wildman–Crippen MR) is 82.6 cm³/mol. The average molecular weight is 299 g/mol. The molecule has 3 atom stereocenters. The minimum absolute atomic E-state index is 0.0581. The molecule has 1 heterocycles. The van der Waals surface area contributed by atoms with E-state index >= 15 is 0 Å². The lowest BCUT2D eigenvalue weighted by Gasteiger charge is -2.22. The van der Waals surface area contributed by atoms with Crippen LogP contribution in [0, 0.1) is 5.82 Å². The van der Waals surface area contributed by atoms with Crippen molar-refractivity contribution in [2.75, 3.05) is 0 Å². The molecule has 2 aromatic carbocycles. The molecule has 3 rings (SSSR count). The number of rotatable bonds is 3. The van der Waals surface area contributed by atoms with E-state index in [2.05, 4.69) is 16.2 Å². The molecule has 114 valence electrons. The molecular weight excluding hydrogens is 281 g/mol. The van der Waals surface area contributed by atoms with E-state index in [-0.39, 0.29) is 29.8 Å². The van der Waals surface area contributed by atoms with E-state index in [1.807, 2.05) is 25.1 Å². The molecule has 3 N–H and O–H groups in total. The summed E-state index contributed by atoms with van der Waals surface area (Å²) in [6.45, 7) is 1.99. The van der Waals surface area contributed by atoms with Crippen LogP contribution in [0.5, 0.6) is 0 Å².